The van der Waals surface area contributed by atoms with E-state index in [1.807, 2.05) is 13.8 Å². The van der Waals surface area contributed by atoms with Crippen molar-refractivity contribution in [1.29, 1.82) is 0 Å². The van der Waals surface area contributed by atoms with Crippen molar-refractivity contribution in [2.45, 2.75) is 180 Å². The summed E-state index contributed by atoms with van der Waals surface area (Å²) < 4.78 is 51.2. The number of nitrogens with one attached hydrogen (secondary N) is 2. The van der Waals surface area contributed by atoms with Gasteiger partial charge in [0.1, 0.15) is 42.6 Å². The average Bonchev–Trinajstić information content (AvgIpc) is 3.16. The summed E-state index contributed by atoms with van der Waals surface area (Å²) >= 11 is 0. The number of aliphatic hydroxyl groups is 6. The van der Waals surface area contributed by atoms with E-state index in [0.29, 0.717) is 12.8 Å². The Morgan fingerprint density at radius 3 is 1.84 bits per heavy atom. The minimum absolute atomic E-state index is 0.00156. The van der Waals surface area contributed by atoms with Crippen LogP contribution >= 0.6 is 7.82 Å². The van der Waals surface area contributed by atoms with Gasteiger partial charge in [-0.2, -0.15) is 0 Å². The van der Waals surface area contributed by atoms with Crippen molar-refractivity contribution in [2.24, 2.45) is 23.7 Å². The highest BCUT2D eigenvalue weighted by molar-refractivity contribution is 7.46. The van der Waals surface area contributed by atoms with Crippen LogP contribution in [0, 0.1) is 23.7 Å². The minimum Gasteiger partial charge on any atom is -0.462 e. The summed E-state index contributed by atoms with van der Waals surface area (Å²) in [4.78, 5) is 84.8. The predicted molar refractivity (Wildman–Crippen MR) is 215 cm³/mol. The van der Waals surface area contributed by atoms with Gasteiger partial charge in [-0.3, -0.25) is 28.5 Å². The molecule has 2 heterocycles. The lowest BCUT2D eigenvalue weighted by Gasteiger charge is -2.46. The van der Waals surface area contributed by atoms with Gasteiger partial charge in [0, 0.05) is 12.8 Å². The standard InChI is InChI=1S/C39H69N2O21P/c1-9-20(7)22(43)13-26(44)40-32-36(60-31(50)15-28(46)47)34(51)25(58-38(32)52)17-56-39-33(41-27(45)14-23(57-29(48)10-2)21(8)11-18(3)4)37(61-30(49)12-19(5)6)35(24(16-42)59-39)62-63(53,54)55/h18-25,28,32-39,42-43,46-47,51-52H,9-17H2,1-8H3,(H,40,44)(H,41,45)(H2,53,54,55)/t20?,21?,22-,23-,24?,25?,32?,33?,34?,35?,36?,37?,38?,39?/m0/s1. The number of phosphoric acid groups is 1. The molecule has 0 radical (unpaired) electrons. The van der Waals surface area contributed by atoms with Gasteiger partial charge in [0.2, 0.25) is 11.8 Å². The molecule has 23 nitrogen and oxygen atoms in total. The Morgan fingerprint density at radius 2 is 1.30 bits per heavy atom. The molecule has 0 aromatic rings. The molecule has 2 aliphatic rings. The molecule has 14 atom stereocenters. The topological polar surface area (TPSA) is 353 Å². The number of amides is 2. The van der Waals surface area contributed by atoms with Crippen LogP contribution in [0.1, 0.15) is 100 Å². The highest BCUT2D eigenvalue weighted by atomic mass is 31.2. The third-order valence-corrected chi connectivity index (χ3v) is 11.0. The highest BCUT2D eigenvalue weighted by Gasteiger charge is 2.54. The first-order valence-corrected chi connectivity index (χ1v) is 22.7. The van der Waals surface area contributed by atoms with Crippen LogP contribution in [0.15, 0.2) is 0 Å². The van der Waals surface area contributed by atoms with E-state index >= 15 is 0 Å². The molecular formula is C39H69N2O21P. The van der Waals surface area contributed by atoms with Crippen LogP contribution in [-0.4, -0.2) is 163 Å². The number of phosphoric ester groups is 1. The van der Waals surface area contributed by atoms with Crippen molar-refractivity contribution in [3.05, 3.63) is 0 Å². The Balaban J connectivity index is 2.59. The number of ether oxygens (including phenoxy) is 6. The first kappa shape index (κ1) is 56.2. The second-order valence-electron chi connectivity index (χ2n) is 16.9. The van der Waals surface area contributed by atoms with E-state index in [-0.39, 0.29) is 36.5 Å². The van der Waals surface area contributed by atoms with Crippen molar-refractivity contribution in [3.63, 3.8) is 0 Å². The summed E-state index contributed by atoms with van der Waals surface area (Å²) in [5.41, 5.74) is 0. The van der Waals surface area contributed by atoms with Gasteiger partial charge in [0.05, 0.1) is 38.6 Å². The molecule has 0 bridgehead atoms. The van der Waals surface area contributed by atoms with Crippen LogP contribution in [0.25, 0.3) is 0 Å². The van der Waals surface area contributed by atoms with Crippen molar-refractivity contribution in [2.75, 3.05) is 13.2 Å². The van der Waals surface area contributed by atoms with Gasteiger partial charge in [0.15, 0.2) is 31.1 Å². The Bertz CT molecular complexity index is 1510. The van der Waals surface area contributed by atoms with E-state index < -0.39 is 150 Å². The SMILES string of the molecule is CCC(=O)O[C@@H](CC(=O)NC1C(OCC2OC(O)C(NC(=O)C[C@H](O)C(C)CC)C(OC(=O)CC(O)O)C2O)OC(CO)C(OP(=O)(O)O)C1OC(=O)CC(C)C)C(C)CC(C)C. The quantitative estimate of drug-likeness (QED) is 0.0227. The molecule has 0 aromatic carbocycles. The van der Waals surface area contributed by atoms with E-state index in [1.54, 1.807) is 41.5 Å². The Morgan fingerprint density at radius 1 is 0.714 bits per heavy atom. The molecule has 10 N–H and O–H groups in total. The van der Waals surface area contributed by atoms with E-state index in [0.717, 1.165) is 0 Å². The number of hydrogen-bond acceptors (Lipinski definition) is 19. The second-order valence-corrected chi connectivity index (χ2v) is 18.1. The number of aliphatic hydroxyl groups excluding tert-OH is 5. The number of rotatable bonds is 25. The fourth-order valence-corrected chi connectivity index (χ4v) is 7.62. The number of carbonyl (C=O) groups excluding carboxylic acids is 5. The smallest absolute Gasteiger partial charge is 0.462 e. The van der Waals surface area contributed by atoms with Gasteiger partial charge in [-0.1, -0.05) is 61.8 Å². The van der Waals surface area contributed by atoms with Crippen LogP contribution in [0.5, 0.6) is 0 Å². The van der Waals surface area contributed by atoms with E-state index in [4.69, 9.17) is 32.9 Å². The summed E-state index contributed by atoms with van der Waals surface area (Å²) in [5, 5.41) is 67.0. The van der Waals surface area contributed by atoms with Gasteiger partial charge in [-0.25, -0.2) is 4.57 Å². The second kappa shape index (κ2) is 26.3. The summed E-state index contributed by atoms with van der Waals surface area (Å²) in [6, 6.07) is -3.42. The molecule has 63 heavy (non-hydrogen) atoms. The third-order valence-electron chi connectivity index (χ3n) is 10.4. The van der Waals surface area contributed by atoms with E-state index in [1.165, 1.54) is 0 Å². The Hall–Kier alpha value is -2.90. The molecule has 2 rings (SSSR count). The predicted octanol–water partition coefficient (Wildman–Crippen LogP) is -0.992. The summed E-state index contributed by atoms with van der Waals surface area (Å²) in [6.07, 6.45) is -20.3. The lowest BCUT2D eigenvalue weighted by atomic mass is 9.91. The molecule has 0 aromatic heterocycles. The summed E-state index contributed by atoms with van der Waals surface area (Å²) in [6.45, 7) is 12.2. The van der Waals surface area contributed by atoms with Gasteiger partial charge < -0.3 is 79.5 Å². The third kappa shape index (κ3) is 18.9. The normalized spacial score (nSPS) is 28.5. The molecular weight excluding hydrogens is 863 g/mol. The zero-order valence-electron chi connectivity index (χ0n) is 37.0. The van der Waals surface area contributed by atoms with Gasteiger partial charge in [0.25, 0.3) is 0 Å². The van der Waals surface area contributed by atoms with Crippen LogP contribution < -0.4 is 10.6 Å². The van der Waals surface area contributed by atoms with Crippen LogP contribution in [-0.2, 0) is 61.5 Å². The fourth-order valence-electron chi connectivity index (χ4n) is 7.05. The van der Waals surface area contributed by atoms with Crippen molar-refractivity contribution in [3.8, 4) is 0 Å². The summed E-state index contributed by atoms with van der Waals surface area (Å²) in [7, 11) is -5.44. The van der Waals surface area contributed by atoms with Gasteiger partial charge in [-0.15, -0.1) is 0 Å². The Kier molecular flexibility index (Phi) is 23.5. The maximum atomic E-state index is 13.9. The number of carbonyl (C=O) groups is 5. The van der Waals surface area contributed by atoms with Crippen molar-refractivity contribution >= 4 is 37.5 Å². The lowest BCUT2D eigenvalue weighted by Crippen LogP contribution is -2.68. The average molecular weight is 933 g/mol. The minimum atomic E-state index is -5.44. The molecule has 2 fully saturated rings. The maximum absolute atomic E-state index is 13.9. The fraction of sp³-hybridized carbons (Fsp3) is 0.872. The van der Waals surface area contributed by atoms with Crippen LogP contribution in [0.2, 0.25) is 0 Å². The molecule has 2 amide bonds. The van der Waals surface area contributed by atoms with Crippen LogP contribution in [0.4, 0.5) is 0 Å². The van der Waals surface area contributed by atoms with Crippen LogP contribution in [0.3, 0.4) is 0 Å². The molecule has 24 heteroatoms. The lowest BCUT2D eigenvalue weighted by molar-refractivity contribution is -0.299. The zero-order valence-corrected chi connectivity index (χ0v) is 37.9. The molecule has 0 aliphatic carbocycles. The monoisotopic (exact) mass is 932 g/mol. The van der Waals surface area contributed by atoms with E-state index in [2.05, 4.69) is 10.6 Å². The molecule has 2 saturated heterocycles. The van der Waals surface area contributed by atoms with E-state index in [9.17, 15) is 69.0 Å². The molecule has 366 valence electrons. The molecule has 0 spiro atoms. The number of esters is 3. The number of hydrogen-bond donors (Lipinski definition) is 10. The molecule has 12 unspecified atom stereocenters. The van der Waals surface area contributed by atoms with Gasteiger partial charge >= 0.3 is 25.7 Å². The Labute approximate surface area is 366 Å². The zero-order chi connectivity index (χ0) is 47.9. The largest absolute Gasteiger partial charge is 0.470 e. The first-order valence-electron chi connectivity index (χ1n) is 21.1. The molecule has 2 aliphatic heterocycles. The maximum Gasteiger partial charge on any atom is 0.470 e. The highest BCUT2D eigenvalue weighted by Crippen LogP contribution is 2.42. The van der Waals surface area contributed by atoms with Crippen molar-refractivity contribution in [1.82, 2.24) is 10.6 Å². The van der Waals surface area contributed by atoms with Crippen molar-refractivity contribution < 1.29 is 102 Å². The summed E-state index contributed by atoms with van der Waals surface area (Å²) in [5.74, 6) is -5.27. The van der Waals surface area contributed by atoms with Gasteiger partial charge in [-0.05, 0) is 30.1 Å². The first-order chi connectivity index (χ1) is 29.3. The molecule has 0 saturated carbocycles.